The molecule has 0 spiro atoms. The fraction of sp³-hybridized carbons (Fsp3) is 0.0612. The van der Waals surface area contributed by atoms with Crippen molar-refractivity contribution in [3.63, 3.8) is 0 Å². The van der Waals surface area contributed by atoms with Crippen LogP contribution < -0.4 is 4.90 Å². The third-order valence-electron chi connectivity index (χ3n) is 10.9. The quantitative estimate of drug-likeness (QED) is 0.184. The molecule has 0 radical (unpaired) electrons. The zero-order valence-corrected chi connectivity index (χ0v) is 28.6. The molecular weight excluding hydrogens is 619 g/mol. The van der Waals surface area contributed by atoms with Gasteiger partial charge in [0.15, 0.2) is 0 Å². The maximum Gasteiger partial charge on any atom is 0.143 e. The zero-order valence-electron chi connectivity index (χ0n) is 28.6. The molecule has 0 bridgehead atoms. The zero-order chi connectivity index (χ0) is 34.1. The maximum absolute atomic E-state index is 6.56. The first-order valence-corrected chi connectivity index (χ1v) is 17.7. The highest BCUT2D eigenvalue weighted by Crippen LogP contribution is 2.50. The molecule has 1 aliphatic rings. The minimum Gasteiger partial charge on any atom is -0.455 e. The van der Waals surface area contributed by atoms with Crippen molar-refractivity contribution in [3.8, 4) is 33.4 Å². The van der Waals surface area contributed by atoms with Gasteiger partial charge in [-0.05, 0) is 104 Å². The van der Waals surface area contributed by atoms with Crippen LogP contribution in [0.2, 0.25) is 0 Å². The van der Waals surface area contributed by atoms with Crippen LogP contribution in [-0.2, 0) is 5.41 Å². The van der Waals surface area contributed by atoms with E-state index in [0.29, 0.717) is 0 Å². The van der Waals surface area contributed by atoms with Crippen LogP contribution in [-0.4, -0.2) is 0 Å². The fourth-order valence-corrected chi connectivity index (χ4v) is 8.29. The Labute approximate surface area is 297 Å². The van der Waals surface area contributed by atoms with Crippen LogP contribution in [0.25, 0.3) is 66.1 Å². The lowest BCUT2D eigenvalue weighted by molar-refractivity contribution is 0.660. The Kier molecular flexibility index (Phi) is 6.56. The molecule has 0 atom stereocenters. The molecule has 0 amide bonds. The van der Waals surface area contributed by atoms with Gasteiger partial charge in [0.2, 0.25) is 0 Å². The first-order valence-electron chi connectivity index (χ1n) is 17.7. The molecule has 8 aromatic carbocycles. The molecule has 242 valence electrons. The average molecular weight is 654 g/mol. The van der Waals surface area contributed by atoms with E-state index in [-0.39, 0.29) is 5.41 Å². The smallest absolute Gasteiger partial charge is 0.143 e. The largest absolute Gasteiger partial charge is 0.455 e. The van der Waals surface area contributed by atoms with Crippen LogP contribution in [0, 0.1) is 0 Å². The van der Waals surface area contributed by atoms with E-state index in [1.807, 2.05) is 0 Å². The van der Waals surface area contributed by atoms with Gasteiger partial charge in [0, 0.05) is 38.6 Å². The van der Waals surface area contributed by atoms with Crippen LogP contribution >= 0.6 is 0 Å². The number of anilines is 3. The summed E-state index contributed by atoms with van der Waals surface area (Å²) >= 11 is 0. The normalized spacial score (nSPS) is 13.1. The Morgan fingerprint density at radius 3 is 1.82 bits per heavy atom. The SMILES string of the molecule is CC1(C)c2ccccc2-c2ccc(N(c3ccccc3)c3ccc(-c4ccc5oc6c7ccccc7c(-c7ccccc7)cc6c5c4)cc3)cc21. The molecule has 10 rings (SSSR count). The first-order chi connectivity index (χ1) is 25.0. The number of benzene rings is 8. The van der Waals surface area contributed by atoms with Gasteiger partial charge in [-0.2, -0.15) is 0 Å². The third-order valence-corrected chi connectivity index (χ3v) is 10.9. The van der Waals surface area contributed by atoms with E-state index in [0.717, 1.165) is 55.5 Å². The summed E-state index contributed by atoms with van der Waals surface area (Å²) in [5.74, 6) is 0. The van der Waals surface area contributed by atoms with Crippen LogP contribution in [0.1, 0.15) is 25.0 Å². The molecule has 1 aromatic heterocycles. The molecule has 0 saturated carbocycles. The van der Waals surface area contributed by atoms with Gasteiger partial charge in [-0.25, -0.2) is 0 Å². The predicted molar refractivity (Wildman–Crippen MR) is 214 cm³/mol. The van der Waals surface area contributed by atoms with Crippen molar-refractivity contribution in [1.29, 1.82) is 0 Å². The maximum atomic E-state index is 6.56. The van der Waals surface area contributed by atoms with Crippen LogP contribution in [0.15, 0.2) is 180 Å². The molecule has 0 N–H and O–H groups in total. The minimum atomic E-state index is -0.0712. The second kappa shape index (κ2) is 11.3. The summed E-state index contributed by atoms with van der Waals surface area (Å²) < 4.78 is 6.56. The highest BCUT2D eigenvalue weighted by Gasteiger charge is 2.35. The Balaban J connectivity index is 1.07. The van der Waals surface area contributed by atoms with E-state index < -0.39 is 0 Å². The van der Waals surface area contributed by atoms with Crippen molar-refractivity contribution < 1.29 is 4.42 Å². The Hall–Kier alpha value is -6.38. The first kappa shape index (κ1) is 29.5. The van der Waals surface area contributed by atoms with Gasteiger partial charge >= 0.3 is 0 Å². The Morgan fingerprint density at radius 2 is 1.02 bits per heavy atom. The van der Waals surface area contributed by atoms with Crippen LogP contribution in [0.5, 0.6) is 0 Å². The summed E-state index contributed by atoms with van der Waals surface area (Å²) in [6.07, 6.45) is 0. The molecule has 2 nitrogen and oxygen atoms in total. The van der Waals surface area contributed by atoms with Gasteiger partial charge in [0.25, 0.3) is 0 Å². The molecular formula is C49H35NO. The molecule has 51 heavy (non-hydrogen) atoms. The van der Waals surface area contributed by atoms with Gasteiger partial charge in [-0.3, -0.25) is 0 Å². The van der Waals surface area contributed by atoms with E-state index in [2.05, 4.69) is 195 Å². The van der Waals surface area contributed by atoms with Crippen LogP contribution in [0.3, 0.4) is 0 Å². The third kappa shape index (κ3) is 4.64. The Morgan fingerprint density at radius 1 is 0.392 bits per heavy atom. The van der Waals surface area contributed by atoms with E-state index in [1.54, 1.807) is 0 Å². The number of fused-ring (bicyclic) bond motifs is 8. The van der Waals surface area contributed by atoms with Crippen LogP contribution in [0.4, 0.5) is 17.1 Å². The molecule has 0 saturated heterocycles. The van der Waals surface area contributed by atoms with Gasteiger partial charge in [-0.1, -0.05) is 135 Å². The summed E-state index contributed by atoms with van der Waals surface area (Å²) in [5, 5.41) is 4.60. The van der Waals surface area contributed by atoms with Gasteiger partial charge in [0.05, 0.1) is 0 Å². The second-order valence-electron chi connectivity index (χ2n) is 14.1. The number of hydrogen-bond acceptors (Lipinski definition) is 2. The molecule has 1 heterocycles. The van der Waals surface area contributed by atoms with Crippen molar-refractivity contribution in [2.45, 2.75) is 19.3 Å². The molecule has 9 aromatic rings. The predicted octanol–water partition coefficient (Wildman–Crippen LogP) is 13.8. The standard InChI is InChI=1S/C49H35NO/c1-49(2)45-20-12-11-18-39(45)40-27-26-37(30-46(40)49)50(35-15-7-4-8-16-35)36-24-21-32(22-25-36)34-23-28-47-43(29-34)44-31-42(33-13-5-3-6-14-33)38-17-9-10-19-41(38)48(44)51-47/h3-31H,1-2H3. The topological polar surface area (TPSA) is 16.4 Å². The van der Waals surface area contributed by atoms with E-state index in [9.17, 15) is 0 Å². The second-order valence-corrected chi connectivity index (χ2v) is 14.1. The lowest BCUT2D eigenvalue weighted by Gasteiger charge is -2.28. The summed E-state index contributed by atoms with van der Waals surface area (Å²) in [5.41, 5.74) is 15.3. The molecule has 0 aliphatic heterocycles. The van der Waals surface area contributed by atoms with Gasteiger partial charge in [0.1, 0.15) is 11.2 Å². The lowest BCUT2D eigenvalue weighted by atomic mass is 9.82. The van der Waals surface area contributed by atoms with Crippen molar-refractivity contribution >= 4 is 49.8 Å². The molecule has 2 heteroatoms. The highest BCUT2D eigenvalue weighted by molar-refractivity contribution is 6.19. The minimum absolute atomic E-state index is 0.0712. The summed E-state index contributed by atoms with van der Waals surface area (Å²) in [6.45, 7) is 4.68. The van der Waals surface area contributed by atoms with E-state index in [1.165, 1.54) is 38.8 Å². The summed E-state index contributed by atoms with van der Waals surface area (Å²) in [4.78, 5) is 2.37. The highest BCUT2D eigenvalue weighted by atomic mass is 16.3. The molecule has 1 aliphatic carbocycles. The number of para-hydroxylation sites is 1. The fourth-order valence-electron chi connectivity index (χ4n) is 8.29. The number of hydrogen-bond donors (Lipinski definition) is 0. The molecule has 0 fully saturated rings. The number of nitrogens with zero attached hydrogens (tertiary/aromatic N) is 1. The average Bonchev–Trinajstić information content (AvgIpc) is 3.67. The van der Waals surface area contributed by atoms with Crippen molar-refractivity contribution in [2.24, 2.45) is 0 Å². The molecule has 0 unspecified atom stereocenters. The van der Waals surface area contributed by atoms with Crippen molar-refractivity contribution in [3.05, 3.63) is 187 Å². The van der Waals surface area contributed by atoms with E-state index in [4.69, 9.17) is 4.42 Å². The number of furan rings is 1. The number of rotatable bonds is 5. The lowest BCUT2D eigenvalue weighted by Crippen LogP contribution is -2.16. The summed E-state index contributed by atoms with van der Waals surface area (Å²) in [6, 6.07) is 63.5. The van der Waals surface area contributed by atoms with Crippen molar-refractivity contribution in [2.75, 3.05) is 4.90 Å². The van der Waals surface area contributed by atoms with Gasteiger partial charge in [-0.15, -0.1) is 0 Å². The summed E-state index contributed by atoms with van der Waals surface area (Å²) in [7, 11) is 0. The van der Waals surface area contributed by atoms with Gasteiger partial charge < -0.3 is 9.32 Å². The van der Waals surface area contributed by atoms with Crippen molar-refractivity contribution in [1.82, 2.24) is 0 Å². The van der Waals surface area contributed by atoms with E-state index >= 15 is 0 Å². The monoisotopic (exact) mass is 653 g/mol. The Bertz CT molecular complexity index is 2760.